The van der Waals surface area contributed by atoms with E-state index in [1.54, 1.807) is 0 Å². The highest BCUT2D eigenvalue weighted by molar-refractivity contribution is 5.57. The van der Waals surface area contributed by atoms with Gasteiger partial charge in [0, 0.05) is 0 Å². The second kappa shape index (κ2) is 2.48. The van der Waals surface area contributed by atoms with E-state index in [4.69, 9.17) is 0 Å². The summed E-state index contributed by atoms with van der Waals surface area (Å²) in [6.45, 7) is 4.53. The molecule has 1 aromatic rings. The van der Waals surface area contributed by atoms with Gasteiger partial charge in [-0.15, -0.1) is 0 Å². The van der Waals surface area contributed by atoms with Crippen LogP contribution in [0.1, 0.15) is 25.0 Å². The van der Waals surface area contributed by atoms with E-state index in [2.05, 4.69) is 44.2 Å². The normalized spacial score (nSPS) is 18.8. The third-order valence-corrected chi connectivity index (χ3v) is 2.35. The van der Waals surface area contributed by atoms with Crippen LogP contribution in [0.15, 0.2) is 24.3 Å². The van der Waals surface area contributed by atoms with Crippen molar-refractivity contribution in [1.82, 2.24) is 0 Å². The largest absolute Gasteiger partial charge is 0.0779 e. The van der Waals surface area contributed by atoms with E-state index in [1.807, 2.05) is 6.07 Å². The Bertz CT molecular complexity index is 319. The molecule has 61 valence electrons. The maximum atomic E-state index is 3.12. The lowest BCUT2D eigenvalue weighted by Gasteiger charge is -2.25. The molecular formula is C12H13. The van der Waals surface area contributed by atoms with Gasteiger partial charge < -0.3 is 0 Å². The lowest BCUT2D eigenvalue weighted by Crippen LogP contribution is -2.15. The minimum atomic E-state index is 0.322. The number of hydrogen-bond acceptors (Lipinski definition) is 0. The van der Waals surface area contributed by atoms with E-state index >= 15 is 0 Å². The summed E-state index contributed by atoms with van der Waals surface area (Å²) < 4.78 is 0. The molecule has 0 saturated carbocycles. The summed E-state index contributed by atoms with van der Waals surface area (Å²) >= 11 is 0. The van der Waals surface area contributed by atoms with Crippen LogP contribution in [0.5, 0.6) is 0 Å². The topological polar surface area (TPSA) is 0 Å². The highest BCUT2D eigenvalue weighted by Gasteiger charge is 2.19. The molecule has 0 unspecified atom stereocenters. The first-order chi connectivity index (χ1) is 5.67. The van der Waals surface area contributed by atoms with E-state index in [1.165, 1.54) is 11.1 Å². The summed E-state index contributed by atoms with van der Waals surface area (Å²) in [5.41, 5.74) is 3.10. The van der Waals surface area contributed by atoms with Crippen LogP contribution in [-0.4, -0.2) is 0 Å². The van der Waals surface area contributed by atoms with Gasteiger partial charge >= 0.3 is 0 Å². The number of rotatable bonds is 0. The van der Waals surface area contributed by atoms with Crippen LogP contribution < -0.4 is 0 Å². The van der Waals surface area contributed by atoms with E-state index in [9.17, 15) is 0 Å². The average molecular weight is 157 g/mol. The van der Waals surface area contributed by atoms with Crippen LogP contribution >= 0.6 is 0 Å². The standard InChI is InChI=1S/C12H13/c1-12(2)8-7-10-5-3-4-6-11(10)9-12/h3,5-8H,9H2,1-2H3. The maximum absolute atomic E-state index is 3.12. The minimum Gasteiger partial charge on any atom is -0.0779 e. The molecule has 0 saturated heterocycles. The Labute approximate surface area is 73.9 Å². The van der Waals surface area contributed by atoms with Gasteiger partial charge in [-0.25, -0.2) is 0 Å². The Morgan fingerprint density at radius 3 is 3.08 bits per heavy atom. The molecule has 0 heterocycles. The molecule has 0 aromatic heterocycles. The zero-order valence-corrected chi connectivity index (χ0v) is 7.59. The number of allylic oxidation sites excluding steroid dienone is 1. The molecule has 0 spiro atoms. The van der Waals surface area contributed by atoms with Crippen molar-refractivity contribution in [2.75, 3.05) is 0 Å². The third-order valence-electron chi connectivity index (χ3n) is 2.35. The zero-order chi connectivity index (χ0) is 8.60. The predicted molar refractivity (Wildman–Crippen MR) is 51.8 cm³/mol. The highest BCUT2D eigenvalue weighted by atomic mass is 14.2. The van der Waals surface area contributed by atoms with Crippen LogP contribution in [0, 0.1) is 11.5 Å². The van der Waals surface area contributed by atoms with Crippen LogP contribution in [0.3, 0.4) is 0 Å². The van der Waals surface area contributed by atoms with Crippen molar-refractivity contribution in [3.63, 3.8) is 0 Å². The Kier molecular flexibility index (Phi) is 1.57. The number of fused-ring (bicyclic) bond motifs is 1. The fourth-order valence-corrected chi connectivity index (χ4v) is 1.66. The van der Waals surface area contributed by atoms with Gasteiger partial charge in [0.1, 0.15) is 0 Å². The highest BCUT2D eigenvalue weighted by Crippen LogP contribution is 2.30. The van der Waals surface area contributed by atoms with Crippen LogP contribution in [0.4, 0.5) is 0 Å². The van der Waals surface area contributed by atoms with E-state index in [0.29, 0.717) is 5.41 Å². The number of benzene rings is 1. The summed E-state index contributed by atoms with van der Waals surface area (Å²) in [4.78, 5) is 0. The van der Waals surface area contributed by atoms with Crippen molar-refractivity contribution in [3.05, 3.63) is 41.5 Å². The van der Waals surface area contributed by atoms with Crippen LogP contribution in [0.2, 0.25) is 0 Å². The quantitative estimate of drug-likeness (QED) is 0.543. The van der Waals surface area contributed by atoms with E-state index in [-0.39, 0.29) is 0 Å². The Hall–Kier alpha value is -1.04. The van der Waals surface area contributed by atoms with Crippen LogP contribution in [-0.2, 0) is 6.42 Å². The molecule has 0 fully saturated rings. The summed E-state index contributed by atoms with van der Waals surface area (Å²) in [5, 5.41) is 0. The van der Waals surface area contributed by atoms with Crippen molar-refractivity contribution in [2.24, 2.45) is 5.41 Å². The van der Waals surface area contributed by atoms with Gasteiger partial charge in [-0.05, 0) is 29.0 Å². The summed E-state index contributed by atoms with van der Waals surface area (Å²) in [7, 11) is 0. The second-order valence-corrected chi connectivity index (χ2v) is 4.12. The van der Waals surface area contributed by atoms with Gasteiger partial charge in [0.15, 0.2) is 0 Å². The zero-order valence-electron chi connectivity index (χ0n) is 7.59. The maximum Gasteiger partial charge on any atom is -0.0131 e. The van der Waals surface area contributed by atoms with Crippen LogP contribution in [0.25, 0.3) is 6.08 Å². The molecule has 1 aromatic carbocycles. The molecule has 12 heavy (non-hydrogen) atoms. The smallest absolute Gasteiger partial charge is 0.0131 e. The molecule has 0 nitrogen and oxygen atoms in total. The Morgan fingerprint density at radius 2 is 2.25 bits per heavy atom. The summed E-state index contributed by atoms with van der Waals surface area (Å²) in [5.74, 6) is 0. The molecule has 0 bridgehead atoms. The van der Waals surface area contributed by atoms with Gasteiger partial charge in [0.25, 0.3) is 0 Å². The molecule has 1 aliphatic rings. The Morgan fingerprint density at radius 1 is 1.42 bits per heavy atom. The van der Waals surface area contributed by atoms with Crippen molar-refractivity contribution >= 4 is 6.08 Å². The average Bonchev–Trinajstić information content (AvgIpc) is 2.02. The fraction of sp³-hybridized carbons (Fsp3) is 0.333. The van der Waals surface area contributed by atoms with E-state index < -0.39 is 0 Å². The molecule has 2 rings (SSSR count). The lowest BCUT2D eigenvalue weighted by molar-refractivity contribution is 0.475. The molecular weight excluding hydrogens is 144 g/mol. The first-order valence-corrected chi connectivity index (χ1v) is 4.36. The molecule has 0 heteroatoms. The predicted octanol–water partition coefficient (Wildman–Crippen LogP) is 3.08. The van der Waals surface area contributed by atoms with Gasteiger partial charge in [-0.1, -0.05) is 44.2 Å². The molecule has 0 atom stereocenters. The Balaban J connectivity index is 2.46. The van der Waals surface area contributed by atoms with Gasteiger partial charge in [0.05, 0.1) is 0 Å². The molecule has 0 N–H and O–H groups in total. The monoisotopic (exact) mass is 157 g/mol. The first kappa shape index (κ1) is 7.60. The molecule has 1 aliphatic carbocycles. The first-order valence-electron chi connectivity index (χ1n) is 4.36. The van der Waals surface area contributed by atoms with E-state index in [0.717, 1.165) is 6.42 Å². The number of hydrogen-bond donors (Lipinski definition) is 0. The van der Waals surface area contributed by atoms with Gasteiger partial charge in [0.2, 0.25) is 0 Å². The SMILES string of the molecule is CC1(C)C=Cc2cc[c]cc2C1. The summed E-state index contributed by atoms with van der Waals surface area (Å²) in [6.07, 6.45) is 5.64. The van der Waals surface area contributed by atoms with Crippen molar-refractivity contribution < 1.29 is 0 Å². The lowest BCUT2D eigenvalue weighted by atomic mass is 9.80. The van der Waals surface area contributed by atoms with Crippen molar-refractivity contribution in [2.45, 2.75) is 20.3 Å². The molecule has 0 aliphatic heterocycles. The molecule has 0 amide bonds. The van der Waals surface area contributed by atoms with Gasteiger partial charge in [-0.3, -0.25) is 0 Å². The van der Waals surface area contributed by atoms with Crippen molar-refractivity contribution in [1.29, 1.82) is 0 Å². The third kappa shape index (κ3) is 1.29. The molecule has 1 radical (unpaired) electrons. The van der Waals surface area contributed by atoms with Crippen molar-refractivity contribution in [3.8, 4) is 0 Å². The summed E-state index contributed by atoms with van der Waals surface area (Å²) in [6, 6.07) is 9.32. The minimum absolute atomic E-state index is 0.322. The second-order valence-electron chi connectivity index (χ2n) is 4.12. The fourth-order valence-electron chi connectivity index (χ4n) is 1.66. The van der Waals surface area contributed by atoms with Gasteiger partial charge in [-0.2, -0.15) is 0 Å².